The summed E-state index contributed by atoms with van der Waals surface area (Å²) in [7, 11) is 0. The fourth-order valence-electron chi connectivity index (χ4n) is 1.48. The molecule has 0 aliphatic carbocycles. The van der Waals surface area contributed by atoms with Crippen LogP contribution >= 0.6 is 46.4 Å². The average Bonchev–Trinajstić information content (AvgIpc) is 2.36. The van der Waals surface area contributed by atoms with Crippen LogP contribution in [0, 0.1) is 0 Å². The van der Waals surface area contributed by atoms with Gasteiger partial charge in [-0.05, 0) is 5.56 Å². The Balaban J connectivity index is 2.80. The van der Waals surface area contributed by atoms with E-state index in [0.29, 0.717) is 5.56 Å². The van der Waals surface area contributed by atoms with Crippen LogP contribution < -0.4 is 0 Å². The first-order chi connectivity index (χ1) is 8.04. The van der Waals surface area contributed by atoms with Gasteiger partial charge in [-0.25, -0.2) is 0 Å². The predicted molar refractivity (Wildman–Crippen MR) is 73.6 cm³/mol. The van der Waals surface area contributed by atoms with Gasteiger partial charge in [-0.2, -0.15) is 0 Å². The molecule has 0 amide bonds. The Kier molecular flexibility index (Phi) is 3.74. The first kappa shape index (κ1) is 12.8. The Bertz CT molecular complexity index is 537. The van der Waals surface area contributed by atoms with Crippen LogP contribution in [0.5, 0.6) is 5.75 Å². The maximum atomic E-state index is 9.61. The molecule has 0 unspecified atom stereocenters. The van der Waals surface area contributed by atoms with E-state index < -0.39 is 0 Å². The van der Waals surface area contributed by atoms with Crippen LogP contribution in [0.1, 0.15) is 0 Å². The van der Waals surface area contributed by atoms with E-state index in [0.717, 1.165) is 5.56 Å². The molecule has 2 rings (SSSR count). The van der Waals surface area contributed by atoms with E-state index in [4.69, 9.17) is 46.4 Å². The van der Waals surface area contributed by atoms with Crippen LogP contribution in [0.4, 0.5) is 0 Å². The summed E-state index contributed by atoms with van der Waals surface area (Å²) in [5, 5.41) is 9.98. The SMILES string of the molecule is Oc1c(Cl)c(Cl)c(-c2ccccc2)c(Cl)c1Cl. The minimum absolute atomic E-state index is 0.0000743. The highest BCUT2D eigenvalue weighted by Crippen LogP contribution is 2.49. The molecule has 0 fully saturated rings. The number of rotatable bonds is 1. The third kappa shape index (κ3) is 2.21. The van der Waals surface area contributed by atoms with Gasteiger partial charge in [0.25, 0.3) is 0 Å². The molecule has 0 saturated heterocycles. The summed E-state index contributed by atoms with van der Waals surface area (Å²) in [6.45, 7) is 0. The Morgan fingerprint density at radius 3 is 1.65 bits per heavy atom. The average molecular weight is 308 g/mol. The fourth-order valence-corrected chi connectivity index (χ4v) is 2.54. The van der Waals surface area contributed by atoms with Crippen LogP contribution in [-0.2, 0) is 0 Å². The Hall–Kier alpha value is -0.600. The van der Waals surface area contributed by atoms with Crippen molar-refractivity contribution >= 4 is 46.4 Å². The highest BCUT2D eigenvalue weighted by molar-refractivity contribution is 6.51. The Morgan fingerprint density at radius 2 is 1.18 bits per heavy atom. The van der Waals surface area contributed by atoms with Crippen molar-refractivity contribution in [3.8, 4) is 16.9 Å². The zero-order valence-corrected chi connectivity index (χ0v) is 11.4. The second-order valence-corrected chi connectivity index (χ2v) is 4.86. The molecule has 0 aliphatic heterocycles. The number of phenols is 1. The molecule has 0 heterocycles. The van der Waals surface area contributed by atoms with E-state index in [9.17, 15) is 5.11 Å². The molecule has 1 N–H and O–H groups in total. The van der Waals surface area contributed by atoms with Gasteiger partial charge in [-0.15, -0.1) is 0 Å². The number of phenolic OH excluding ortho intramolecular Hbond substituents is 1. The van der Waals surface area contributed by atoms with Gasteiger partial charge in [-0.1, -0.05) is 76.7 Å². The van der Waals surface area contributed by atoms with Crippen molar-refractivity contribution in [2.24, 2.45) is 0 Å². The van der Waals surface area contributed by atoms with E-state index >= 15 is 0 Å². The number of hydrogen-bond acceptors (Lipinski definition) is 1. The summed E-state index contributed by atoms with van der Waals surface area (Å²) in [6, 6.07) is 9.22. The molecule has 2 aromatic carbocycles. The van der Waals surface area contributed by atoms with Crippen molar-refractivity contribution in [3.63, 3.8) is 0 Å². The fraction of sp³-hybridized carbons (Fsp3) is 0. The second-order valence-electron chi connectivity index (χ2n) is 3.35. The van der Waals surface area contributed by atoms with E-state index in [2.05, 4.69) is 0 Å². The van der Waals surface area contributed by atoms with Crippen molar-refractivity contribution in [2.75, 3.05) is 0 Å². The molecule has 0 bridgehead atoms. The first-order valence-electron chi connectivity index (χ1n) is 4.64. The van der Waals surface area contributed by atoms with Crippen LogP contribution in [0.25, 0.3) is 11.1 Å². The van der Waals surface area contributed by atoms with Gasteiger partial charge in [0.15, 0.2) is 5.75 Å². The summed E-state index contributed by atoms with van der Waals surface area (Å²) >= 11 is 23.9. The van der Waals surface area contributed by atoms with Crippen molar-refractivity contribution < 1.29 is 5.11 Å². The molecule has 0 spiro atoms. The van der Waals surface area contributed by atoms with E-state index in [1.165, 1.54) is 0 Å². The third-order valence-electron chi connectivity index (χ3n) is 2.30. The van der Waals surface area contributed by atoms with Gasteiger partial charge in [-0.3, -0.25) is 0 Å². The monoisotopic (exact) mass is 306 g/mol. The van der Waals surface area contributed by atoms with E-state index in [1.807, 2.05) is 30.3 Å². The molecule has 88 valence electrons. The van der Waals surface area contributed by atoms with Crippen molar-refractivity contribution in [1.29, 1.82) is 0 Å². The van der Waals surface area contributed by atoms with Crippen molar-refractivity contribution in [2.45, 2.75) is 0 Å². The minimum atomic E-state index is -0.303. The number of benzene rings is 2. The quantitative estimate of drug-likeness (QED) is 0.673. The van der Waals surface area contributed by atoms with E-state index in [-0.39, 0.29) is 25.8 Å². The molecular formula is C12H6Cl4O. The van der Waals surface area contributed by atoms with Crippen LogP contribution in [0.3, 0.4) is 0 Å². The molecule has 0 aromatic heterocycles. The Labute approximate surface area is 118 Å². The van der Waals surface area contributed by atoms with Gasteiger partial charge >= 0.3 is 0 Å². The standard InChI is InChI=1S/C12H6Cl4O/c13-8-7(6-4-2-1-3-5-6)9(14)11(16)12(17)10(8)15/h1-5,17H. The summed E-state index contributed by atoms with van der Waals surface area (Å²) in [5.74, 6) is -0.303. The predicted octanol–water partition coefficient (Wildman–Crippen LogP) is 5.67. The van der Waals surface area contributed by atoms with Crippen LogP contribution in [0.15, 0.2) is 30.3 Å². The molecular weight excluding hydrogens is 302 g/mol. The van der Waals surface area contributed by atoms with Crippen molar-refractivity contribution in [1.82, 2.24) is 0 Å². The highest BCUT2D eigenvalue weighted by Gasteiger charge is 2.20. The molecule has 0 aliphatic rings. The Morgan fingerprint density at radius 1 is 0.706 bits per heavy atom. The van der Waals surface area contributed by atoms with Gasteiger partial charge in [0, 0.05) is 5.56 Å². The topological polar surface area (TPSA) is 20.2 Å². The van der Waals surface area contributed by atoms with Crippen molar-refractivity contribution in [3.05, 3.63) is 50.4 Å². The highest BCUT2D eigenvalue weighted by atomic mass is 35.5. The lowest BCUT2D eigenvalue weighted by molar-refractivity contribution is 0.476. The van der Waals surface area contributed by atoms with Gasteiger partial charge < -0.3 is 5.11 Å². The lowest BCUT2D eigenvalue weighted by Gasteiger charge is -2.12. The lowest BCUT2D eigenvalue weighted by atomic mass is 10.1. The first-order valence-corrected chi connectivity index (χ1v) is 6.15. The number of aromatic hydroxyl groups is 1. The zero-order chi connectivity index (χ0) is 12.6. The lowest BCUT2D eigenvalue weighted by Crippen LogP contribution is -1.85. The molecule has 17 heavy (non-hydrogen) atoms. The maximum Gasteiger partial charge on any atom is 0.155 e. The molecule has 0 saturated carbocycles. The largest absolute Gasteiger partial charge is 0.505 e. The third-order valence-corrected chi connectivity index (χ3v) is 3.99. The second kappa shape index (κ2) is 4.95. The van der Waals surface area contributed by atoms with Crippen LogP contribution in [0.2, 0.25) is 20.1 Å². The maximum absolute atomic E-state index is 9.61. The van der Waals surface area contributed by atoms with Crippen LogP contribution in [-0.4, -0.2) is 5.11 Å². The summed E-state index contributed by atoms with van der Waals surface area (Å²) in [6.07, 6.45) is 0. The van der Waals surface area contributed by atoms with Gasteiger partial charge in [0.05, 0.1) is 10.0 Å². The number of halogens is 4. The van der Waals surface area contributed by atoms with E-state index in [1.54, 1.807) is 0 Å². The molecule has 0 atom stereocenters. The molecule has 2 aromatic rings. The molecule has 1 nitrogen and oxygen atoms in total. The normalized spacial score (nSPS) is 10.6. The summed E-state index contributed by atoms with van der Waals surface area (Å²) < 4.78 is 0. The minimum Gasteiger partial charge on any atom is -0.505 e. The smallest absolute Gasteiger partial charge is 0.155 e. The summed E-state index contributed by atoms with van der Waals surface area (Å²) in [5.41, 5.74) is 1.30. The summed E-state index contributed by atoms with van der Waals surface area (Å²) in [4.78, 5) is 0. The van der Waals surface area contributed by atoms with Gasteiger partial charge in [0.2, 0.25) is 0 Å². The number of hydrogen-bond donors (Lipinski definition) is 1. The molecule has 0 radical (unpaired) electrons. The molecule has 5 heteroatoms. The zero-order valence-electron chi connectivity index (χ0n) is 8.35. The van der Waals surface area contributed by atoms with Gasteiger partial charge in [0.1, 0.15) is 10.0 Å².